The molecule has 0 saturated carbocycles. The van der Waals surface area contributed by atoms with Crippen molar-refractivity contribution < 1.29 is 64.5 Å². The van der Waals surface area contributed by atoms with Gasteiger partial charge in [-0.2, -0.15) is 0 Å². The van der Waals surface area contributed by atoms with Gasteiger partial charge >= 0.3 is 0 Å². The summed E-state index contributed by atoms with van der Waals surface area (Å²) in [7, 11) is -30.3. The van der Waals surface area contributed by atoms with Crippen molar-refractivity contribution >= 4 is 50.1 Å². The highest BCUT2D eigenvalue weighted by Gasteiger charge is 2.75. The minimum absolute atomic E-state index is 0.0000249. The second-order valence-corrected chi connectivity index (χ2v) is 23.4. The monoisotopic (exact) mass is 934 g/mol. The standard InChI is InChI=1S/C32H65F5N5O10S5/c1-6-11-16-21-26-53(43,44)38(33)31(39(34)54(45,46)27-22-17-12-7-2)32(40(35)55(47,48)28-23-18-13-8-3,41(36)56(49,50)29-24-19-14-9-4)42(37)57(51,52)30-25-20-15-10-5/h6-30H2,1-5H3. The van der Waals surface area contributed by atoms with Crippen LogP contribution in [0.15, 0.2) is 0 Å². The van der Waals surface area contributed by atoms with E-state index in [1.54, 1.807) is 34.6 Å². The van der Waals surface area contributed by atoms with Crippen LogP contribution in [0.4, 0.5) is 22.4 Å². The fourth-order valence-corrected chi connectivity index (χ4v) is 12.1. The van der Waals surface area contributed by atoms with E-state index < -0.39 is 146 Å². The molecule has 0 spiro atoms. The molecule has 0 N–H and O–H groups in total. The summed E-state index contributed by atoms with van der Waals surface area (Å²) in [6.07, 6.45) is -1.67. The number of nitrogens with zero attached hydrogens (tertiary/aromatic N) is 5. The van der Waals surface area contributed by atoms with Gasteiger partial charge in [-0.15, -0.1) is 22.4 Å². The lowest BCUT2D eigenvalue weighted by Gasteiger charge is -2.46. The Bertz CT molecular complexity index is 1530. The second kappa shape index (κ2) is 26.5. The summed E-state index contributed by atoms with van der Waals surface area (Å²) in [6, 6.07) is 0. The largest absolute Gasteiger partial charge is 0.300 e. The lowest BCUT2D eigenvalue weighted by Crippen LogP contribution is -2.75. The number of hydrogen-bond acceptors (Lipinski definition) is 10. The van der Waals surface area contributed by atoms with Crippen LogP contribution in [0.2, 0.25) is 0 Å². The van der Waals surface area contributed by atoms with Gasteiger partial charge in [0.05, 0.1) is 28.8 Å². The van der Waals surface area contributed by atoms with Gasteiger partial charge < -0.3 is 0 Å². The van der Waals surface area contributed by atoms with Crippen molar-refractivity contribution in [2.24, 2.45) is 0 Å². The summed E-state index contributed by atoms with van der Waals surface area (Å²) >= 11 is 0. The van der Waals surface area contributed by atoms with Gasteiger partial charge in [0.1, 0.15) is 0 Å². The first-order valence-corrected chi connectivity index (χ1v) is 27.8. The van der Waals surface area contributed by atoms with Crippen LogP contribution in [0.1, 0.15) is 163 Å². The number of sulfonamides is 5. The lowest BCUT2D eigenvalue weighted by molar-refractivity contribution is -0.265. The summed E-state index contributed by atoms with van der Waals surface area (Å²) < 4.78 is 212. The van der Waals surface area contributed by atoms with Crippen LogP contribution in [-0.2, 0) is 50.1 Å². The molecule has 0 rings (SSSR count). The molecule has 0 aromatic heterocycles. The molecule has 0 heterocycles. The van der Waals surface area contributed by atoms with Crippen molar-refractivity contribution in [3.8, 4) is 0 Å². The zero-order valence-corrected chi connectivity index (χ0v) is 38.0. The molecular formula is C32H65F5N5O10S5. The maximum absolute atomic E-state index is 17.3. The quantitative estimate of drug-likeness (QED) is 0.0262. The van der Waals surface area contributed by atoms with Gasteiger partial charge in [0, 0.05) is 13.6 Å². The van der Waals surface area contributed by atoms with E-state index in [4.69, 9.17) is 0 Å². The zero-order valence-electron chi connectivity index (χ0n) is 33.9. The van der Waals surface area contributed by atoms with Crippen molar-refractivity contribution in [1.82, 2.24) is 22.6 Å². The number of unbranched alkanes of at least 4 members (excludes halogenated alkanes) is 15. The van der Waals surface area contributed by atoms with Crippen molar-refractivity contribution in [2.75, 3.05) is 28.8 Å². The van der Waals surface area contributed by atoms with E-state index in [0.29, 0.717) is 64.2 Å². The summed E-state index contributed by atoms with van der Waals surface area (Å²) in [5.74, 6) is -13.1. The minimum Gasteiger partial charge on any atom is -0.210 e. The molecule has 1 radical (unpaired) electrons. The van der Waals surface area contributed by atoms with Crippen LogP contribution in [-0.4, -0.2) is 99.3 Å². The van der Waals surface area contributed by atoms with Crippen LogP contribution in [0.3, 0.4) is 0 Å². The van der Waals surface area contributed by atoms with Gasteiger partial charge in [-0.25, -0.2) is 42.1 Å². The van der Waals surface area contributed by atoms with E-state index >= 15 is 22.4 Å². The molecule has 0 fully saturated rings. The SMILES string of the molecule is CCCCCCS(=O)(=O)N(F)[C](N(F)S(=O)(=O)CCCCCC)C(N(F)S(=O)(=O)CCCCCC)(N(F)S(=O)(=O)CCCCCC)N(F)S(=O)(=O)CCCCCC. The Morgan fingerprint density at radius 1 is 0.333 bits per heavy atom. The highest BCUT2D eigenvalue weighted by atomic mass is 32.2. The molecule has 0 saturated heterocycles. The van der Waals surface area contributed by atoms with Gasteiger partial charge in [-0.3, -0.25) is 0 Å². The van der Waals surface area contributed by atoms with Gasteiger partial charge in [-0.1, -0.05) is 131 Å². The number of rotatable bonds is 36. The summed E-state index contributed by atoms with van der Waals surface area (Å²) in [5, 5.41) is 0. The minimum atomic E-state index is -6.14. The molecule has 0 atom stereocenters. The van der Waals surface area contributed by atoms with E-state index in [2.05, 4.69) is 0 Å². The number of halogens is 5. The molecule has 343 valence electrons. The lowest BCUT2D eigenvalue weighted by atomic mass is 10.2. The highest BCUT2D eigenvalue weighted by Crippen LogP contribution is 2.48. The van der Waals surface area contributed by atoms with Crippen LogP contribution >= 0.6 is 0 Å². The van der Waals surface area contributed by atoms with Gasteiger partial charge in [-0.05, 0) is 41.2 Å². The van der Waals surface area contributed by atoms with E-state index in [1.807, 2.05) is 0 Å². The third-order valence-corrected chi connectivity index (χ3v) is 16.4. The molecule has 0 aromatic rings. The van der Waals surface area contributed by atoms with Crippen LogP contribution in [0.5, 0.6) is 0 Å². The van der Waals surface area contributed by atoms with Crippen molar-refractivity contribution in [3.63, 3.8) is 0 Å². The molecule has 0 aliphatic rings. The van der Waals surface area contributed by atoms with E-state index in [0.717, 1.165) is 0 Å². The van der Waals surface area contributed by atoms with Gasteiger partial charge in [0.2, 0.25) is 50.1 Å². The summed E-state index contributed by atoms with van der Waals surface area (Å²) in [5.41, 5.74) is 0. The Labute approximate surface area is 339 Å². The predicted octanol–water partition coefficient (Wildman–Crippen LogP) is 7.61. The predicted molar refractivity (Wildman–Crippen MR) is 210 cm³/mol. The molecule has 0 unspecified atom stereocenters. The molecule has 0 aliphatic carbocycles. The summed E-state index contributed by atoms with van der Waals surface area (Å²) in [4.78, 5) is 0. The molecule has 0 aromatic carbocycles. The van der Waals surface area contributed by atoms with E-state index in [9.17, 15) is 42.1 Å². The Morgan fingerprint density at radius 3 is 0.719 bits per heavy atom. The maximum Gasteiger partial charge on any atom is 0.300 e. The second-order valence-electron chi connectivity index (χ2n) is 13.9. The first-order valence-electron chi connectivity index (χ1n) is 19.8. The Balaban J connectivity index is 8.66. The normalized spacial score (nSPS) is 14.0. The van der Waals surface area contributed by atoms with Crippen LogP contribution in [0, 0.1) is 6.17 Å². The highest BCUT2D eigenvalue weighted by molar-refractivity contribution is 7.91. The van der Waals surface area contributed by atoms with E-state index in [1.165, 1.54) is 0 Å². The van der Waals surface area contributed by atoms with Gasteiger partial charge in [0.15, 0.2) is 0 Å². The first-order chi connectivity index (χ1) is 26.5. The average molecular weight is 935 g/mol. The first kappa shape index (κ1) is 56.2. The fraction of sp³-hybridized carbons (Fsp3) is 0.969. The van der Waals surface area contributed by atoms with E-state index in [-0.39, 0.29) is 32.1 Å². The van der Waals surface area contributed by atoms with Crippen LogP contribution in [0.25, 0.3) is 0 Å². The Morgan fingerprint density at radius 2 is 0.526 bits per heavy atom. The molecule has 15 nitrogen and oxygen atoms in total. The number of hydrogen-bond donors (Lipinski definition) is 0. The fourth-order valence-electron chi connectivity index (χ4n) is 5.52. The van der Waals surface area contributed by atoms with Crippen molar-refractivity contribution in [1.29, 1.82) is 0 Å². The third-order valence-electron chi connectivity index (χ3n) is 8.87. The molecular weight excluding hydrogens is 870 g/mol. The van der Waals surface area contributed by atoms with Crippen molar-refractivity contribution in [3.05, 3.63) is 6.17 Å². The molecule has 0 bridgehead atoms. The Hall–Kier alpha value is -0.800. The maximum atomic E-state index is 17.3. The topological polar surface area (TPSA) is 187 Å². The molecule has 0 aliphatic heterocycles. The zero-order chi connectivity index (χ0) is 44.1. The third kappa shape index (κ3) is 16.9. The van der Waals surface area contributed by atoms with Crippen molar-refractivity contribution in [2.45, 2.75) is 169 Å². The smallest absolute Gasteiger partial charge is 0.210 e. The average Bonchev–Trinajstić information content (AvgIpc) is 3.15. The Kier molecular flexibility index (Phi) is 26.1. The molecule has 25 heteroatoms. The summed E-state index contributed by atoms with van der Waals surface area (Å²) in [6.45, 7) is 8.49. The van der Waals surface area contributed by atoms with Gasteiger partial charge in [0.25, 0.3) is 12.0 Å². The molecule has 57 heavy (non-hydrogen) atoms. The van der Waals surface area contributed by atoms with Crippen LogP contribution < -0.4 is 0 Å². The molecule has 0 amide bonds.